The third-order valence-corrected chi connectivity index (χ3v) is 17.1. The molecule has 13 atom stereocenters. The summed E-state index contributed by atoms with van der Waals surface area (Å²) in [6.07, 6.45) is -7.16. The number of nitrogens with one attached hydrogen (secondary N) is 5. The smallest absolute Gasteiger partial charge is 0.261 e. The molecule has 3 fully saturated rings. The molecule has 0 radical (unpaired) electrons. The fraction of sp³-hybridized carbons (Fsp3) is 0.525. The summed E-state index contributed by atoms with van der Waals surface area (Å²) < 4.78 is 20.3. The molecular weight excluding hydrogens is 1250 g/mol. The maximum Gasteiger partial charge on any atom is 0.261 e. The monoisotopic (exact) mass is 1330 g/mol. The third-order valence-electron chi connectivity index (χ3n) is 15.7. The van der Waals surface area contributed by atoms with Gasteiger partial charge in [0.25, 0.3) is 18.2 Å². The number of rotatable bonds is 25. The van der Waals surface area contributed by atoms with E-state index in [9.17, 15) is 74.1 Å². The van der Waals surface area contributed by atoms with E-state index in [1.165, 1.54) is 36.5 Å². The number of aromatic hydroxyl groups is 1. The van der Waals surface area contributed by atoms with Gasteiger partial charge in [-0.25, -0.2) is 5.26 Å². The molecule has 8 amide bonds. The van der Waals surface area contributed by atoms with Crippen molar-refractivity contribution < 1.29 is 102 Å². The van der Waals surface area contributed by atoms with E-state index in [-0.39, 0.29) is 29.2 Å². The van der Waals surface area contributed by atoms with Crippen molar-refractivity contribution in [3.63, 3.8) is 0 Å². The van der Waals surface area contributed by atoms with E-state index in [4.69, 9.17) is 24.6 Å². The summed E-state index contributed by atoms with van der Waals surface area (Å²) in [5, 5.41) is 112. The lowest BCUT2D eigenvalue weighted by atomic mass is 9.98. The molecule has 4 heterocycles. The van der Waals surface area contributed by atoms with Crippen LogP contribution in [0.1, 0.15) is 87.6 Å². The number of nitrogens with two attached hydrogens (primary N) is 1. The van der Waals surface area contributed by atoms with Gasteiger partial charge >= 0.3 is 0 Å². The lowest BCUT2D eigenvalue weighted by Gasteiger charge is -2.33. The Morgan fingerprint density at radius 2 is 1.37 bits per heavy atom. The molecule has 0 bridgehead atoms. The number of fused-ring (bicyclic) bond motifs is 2. The molecule has 92 heavy (non-hydrogen) atoms. The summed E-state index contributed by atoms with van der Waals surface area (Å²) >= 11 is 1.35. The summed E-state index contributed by atoms with van der Waals surface area (Å²) in [6.45, 7) is 2.22. The zero-order valence-corrected chi connectivity index (χ0v) is 52.2. The Hall–Kier alpha value is -7.67. The molecule has 0 aliphatic carbocycles. The number of carbonyl (C=O) groups excluding carboxylic acids is 8. The summed E-state index contributed by atoms with van der Waals surface area (Å²) in [4.78, 5) is 115. The molecule has 15 N–H and O–H groups in total. The molecule has 3 aliphatic heterocycles. The molecule has 3 aliphatic rings. The van der Waals surface area contributed by atoms with Crippen LogP contribution in [0.3, 0.4) is 0 Å². The second-order valence-corrected chi connectivity index (χ2v) is 24.2. The number of phenols is 1. The molecule has 4 aromatic rings. The van der Waals surface area contributed by atoms with Gasteiger partial charge in [-0.05, 0) is 73.9 Å². The van der Waals surface area contributed by atoms with E-state index in [0.717, 1.165) is 85.3 Å². The average Bonchev–Trinajstić information content (AvgIpc) is 1.62. The van der Waals surface area contributed by atoms with Gasteiger partial charge in [-0.3, -0.25) is 38.4 Å². The topological polar surface area (TPSA) is 463 Å². The van der Waals surface area contributed by atoms with Crippen molar-refractivity contribution in [3.8, 4) is 38.4 Å². The SMILES string of the molecule is COCCCCCCCCOc1ccc(-c2nnc(-c3ccc(C(=O)N[C@H]4CC(O)CNC(=O)C5C(O)C(C)CN5C(=O)C(C(O)CC(N)=O)NC(=O)C(C(O)Cc5ccc(O)c(OSOOO)c5)NC(=O)C5CC(O)CN5C(=O)C(C(C)O)NC4=O)cc3)s2)cc1. The van der Waals surface area contributed by atoms with Gasteiger partial charge in [-0.2, -0.15) is 0 Å². The Balaban J connectivity index is 1.14. The third kappa shape index (κ3) is 19.4. The molecule has 0 saturated carbocycles. The van der Waals surface area contributed by atoms with Crippen molar-refractivity contribution in [2.75, 3.05) is 40.0 Å². The van der Waals surface area contributed by atoms with Crippen LogP contribution >= 0.6 is 23.7 Å². The average molecular weight is 1330 g/mol. The van der Waals surface area contributed by atoms with E-state index in [2.05, 4.69) is 46.2 Å². The number of aromatic nitrogens is 2. The van der Waals surface area contributed by atoms with Crippen molar-refractivity contribution >= 4 is 70.9 Å². The number of methoxy groups -OCH3 is 1. The number of unbranched alkanes of at least 4 members (excludes halogenated alkanes) is 5. The van der Waals surface area contributed by atoms with Crippen LogP contribution < -0.4 is 41.2 Å². The minimum Gasteiger partial charge on any atom is -0.504 e. The first-order valence-electron chi connectivity index (χ1n) is 29.7. The fourth-order valence-corrected chi connectivity index (χ4v) is 11.9. The number of hydrogen-bond acceptors (Lipinski definition) is 25. The van der Waals surface area contributed by atoms with Crippen LogP contribution in [0.5, 0.6) is 17.2 Å². The van der Waals surface area contributed by atoms with E-state index in [1.807, 2.05) is 24.3 Å². The zero-order valence-electron chi connectivity index (χ0n) is 50.5. The Morgan fingerprint density at radius 3 is 2.01 bits per heavy atom. The number of β-amino-alcohol motifs (C(OH)–C–C–N with tert-alkyl or cyclic N) is 1. The lowest BCUT2D eigenvalue weighted by Crippen LogP contribution is -2.64. The number of phenolic OH excluding ortho intramolecular Hbond substituents is 1. The molecule has 502 valence electrons. The lowest BCUT2D eigenvalue weighted by molar-refractivity contribution is -0.433. The Kier molecular flexibility index (Phi) is 26.8. The van der Waals surface area contributed by atoms with Crippen LogP contribution in [0.4, 0.5) is 0 Å². The van der Waals surface area contributed by atoms with Crippen molar-refractivity contribution in [2.45, 2.75) is 151 Å². The largest absolute Gasteiger partial charge is 0.504 e. The van der Waals surface area contributed by atoms with Gasteiger partial charge in [-0.1, -0.05) is 71.5 Å². The number of nitrogens with zero attached hydrogens (tertiary/aromatic N) is 4. The normalized spacial score (nSPS) is 24.6. The first-order valence-corrected chi connectivity index (χ1v) is 31.2. The summed E-state index contributed by atoms with van der Waals surface area (Å²) in [5.74, 6) is -10.4. The number of aliphatic hydroxyl groups excluding tert-OH is 6. The van der Waals surface area contributed by atoms with E-state index >= 15 is 0 Å². The Morgan fingerprint density at radius 1 is 0.750 bits per heavy atom. The summed E-state index contributed by atoms with van der Waals surface area (Å²) in [5.41, 5.74) is 6.87. The van der Waals surface area contributed by atoms with Crippen molar-refractivity contribution in [3.05, 3.63) is 77.9 Å². The second kappa shape index (κ2) is 34.3. The summed E-state index contributed by atoms with van der Waals surface area (Å²) in [7, 11) is 1.70. The molecule has 31 nitrogen and oxygen atoms in total. The Labute approximate surface area is 536 Å². The van der Waals surface area contributed by atoms with Crippen molar-refractivity contribution in [1.82, 2.24) is 46.6 Å². The molecule has 3 saturated heterocycles. The van der Waals surface area contributed by atoms with Crippen molar-refractivity contribution in [2.24, 2.45) is 11.7 Å². The predicted molar refractivity (Wildman–Crippen MR) is 326 cm³/mol. The number of aliphatic hydroxyl groups is 6. The number of amides is 8. The molecule has 0 spiro atoms. The van der Waals surface area contributed by atoms with Gasteiger partial charge in [0, 0.05) is 75.2 Å². The van der Waals surface area contributed by atoms with Gasteiger partial charge < -0.3 is 91.5 Å². The fourth-order valence-electron chi connectivity index (χ4n) is 10.8. The number of hydrogen-bond donors (Lipinski definition) is 14. The maximum absolute atomic E-state index is 14.7. The van der Waals surface area contributed by atoms with E-state index < -0.39 is 177 Å². The van der Waals surface area contributed by atoms with Gasteiger partial charge in [0.15, 0.2) is 11.5 Å². The molecule has 33 heteroatoms. The quantitative estimate of drug-likeness (QED) is 0.0166. The first-order chi connectivity index (χ1) is 44.0. The minimum atomic E-state index is -2.22. The highest BCUT2D eigenvalue weighted by Crippen LogP contribution is 2.33. The van der Waals surface area contributed by atoms with Crippen LogP contribution in [0.15, 0.2) is 66.7 Å². The first kappa shape index (κ1) is 71.8. The van der Waals surface area contributed by atoms with Gasteiger partial charge in [0.05, 0.1) is 49.7 Å². The van der Waals surface area contributed by atoms with E-state index in [1.54, 1.807) is 19.2 Å². The minimum absolute atomic E-state index is 0.00252. The second-order valence-electron chi connectivity index (χ2n) is 22.7. The summed E-state index contributed by atoms with van der Waals surface area (Å²) in [6, 6.07) is 5.33. The highest BCUT2D eigenvalue weighted by Gasteiger charge is 2.50. The van der Waals surface area contributed by atoms with Crippen molar-refractivity contribution in [1.29, 1.82) is 0 Å². The Bertz CT molecular complexity index is 3170. The number of primary amides is 1. The standard InChI is InChI=1S/C59H78N10O21S2/c1-30-28-69-49(50(30)77)55(82)61-27-36(71)24-39(62-51(78)33-11-13-34(14-12-33)56-66-67-57(91-56)35-15-17-38(18-16-35)87-21-9-7-5-4-6-8-20-86-3)52(79)63-46(31(2)70)58(83)68-29-37(72)25-40(68)53(80)64-47(54(81)65-48(59(69)84)43(75)26-45(60)76)42(74)22-32-10-19-41(73)44(23-32)88-92-90-89-85/h10-19,23,30-31,36-37,39-40,42-43,46-50,70-75,77,85H,4-9,20-22,24-29H2,1-3H3,(H2,60,76)(H,61,82)(H,62,78)(H,63,79)(H,64,80)(H,65,81)/t30?,31?,36?,37?,39-,40?,42?,43?,46?,47?,48?,49?,50?/m0/s1. The highest BCUT2D eigenvalue weighted by molar-refractivity contribution is 7.90. The highest BCUT2D eigenvalue weighted by atomic mass is 32.2. The number of ether oxygens (including phenoxy) is 2. The van der Waals surface area contributed by atoms with Crippen LogP contribution in [-0.4, -0.2) is 221 Å². The molecule has 1 aromatic heterocycles. The predicted octanol–water partition coefficient (Wildman–Crippen LogP) is -0.869. The van der Waals surface area contributed by atoms with Crippen LogP contribution in [0.2, 0.25) is 0 Å². The maximum atomic E-state index is 14.7. The molecule has 12 unspecified atom stereocenters. The van der Waals surface area contributed by atoms with Gasteiger partial charge in [-0.15, -0.1) is 10.2 Å². The van der Waals surface area contributed by atoms with Crippen LogP contribution in [0, 0.1) is 5.92 Å². The number of carbonyl (C=O) groups is 8. The van der Waals surface area contributed by atoms with Crippen LogP contribution in [-0.2, 0) is 54.1 Å². The number of benzene rings is 3. The van der Waals surface area contributed by atoms with Gasteiger partial charge in [0.1, 0.15) is 52.0 Å². The van der Waals surface area contributed by atoms with E-state index in [0.29, 0.717) is 22.2 Å². The van der Waals surface area contributed by atoms with Gasteiger partial charge in [0.2, 0.25) is 41.4 Å². The molecule has 3 aromatic carbocycles. The molecule has 7 rings (SSSR count). The molecular formula is C59H78N10O21S2. The van der Waals surface area contributed by atoms with Crippen LogP contribution in [0.25, 0.3) is 21.1 Å². The zero-order chi connectivity index (χ0) is 66.8.